The topological polar surface area (TPSA) is 58.1 Å². The van der Waals surface area contributed by atoms with E-state index >= 15 is 0 Å². The highest BCUT2D eigenvalue weighted by molar-refractivity contribution is 7.99. The quantitative estimate of drug-likeness (QED) is 0.593. The summed E-state index contributed by atoms with van der Waals surface area (Å²) >= 11 is 1.58. The highest BCUT2D eigenvalue weighted by atomic mass is 32.2. The van der Waals surface area contributed by atoms with Crippen LogP contribution in [0, 0.1) is 25.6 Å². The van der Waals surface area contributed by atoms with Crippen molar-refractivity contribution in [2.24, 2.45) is 5.92 Å². The van der Waals surface area contributed by atoms with E-state index in [1.807, 2.05) is 12.1 Å². The summed E-state index contributed by atoms with van der Waals surface area (Å²) in [5.41, 5.74) is 2.60. The molecule has 1 saturated heterocycles. The second kappa shape index (κ2) is 9.47. The lowest BCUT2D eigenvalue weighted by Crippen LogP contribution is -2.41. The van der Waals surface area contributed by atoms with Gasteiger partial charge in [0.1, 0.15) is 10.8 Å². The molecule has 1 aromatic heterocycles. The molecule has 7 heteroatoms. The van der Waals surface area contributed by atoms with Gasteiger partial charge in [-0.05, 0) is 74.7 Å². The lowest BCUT2D eigenvalue weighted by atomic mass is 9.97. The monoisotopic (exact) mass is 436 g/mol. The molecule has 160 valence electrons. The van der Waals surface area contributed by atoms with Crippen LogP contribution in [-0.2, 0) is 4.79 Å². The van der Waals surface area contributed by atoms with Crippen molar-refractivity contribution in [3.05, 3.63) is 71.5 Å². The second-order valence-electron chi connectivity index (χ2n) is 7.88. The molecule has 5 nitrogen and oxygen atoms in total. The Morgan fingerprint density at radius 3 is 2.61 bits per heavy atom. The van der Waals surface area contributed by atoms with Crippen LogP contribution in [0.4, 0.5) is 15.9 Å². The number of rotatable bonds is 5. The van der Waals surface area contributed by atoms with Crippen molar-refractivity contribution in [1.29, 1.82) is 0 Å². The molecule has 1 N–H and O–H groups in total. The number of piperidine rings is 1. The van der Waals surface area contributed by atoms with Gasteiger partial charge in [-0.1, -0.05) is 29.5 Å². The average molecular weight is 437 g/mol. The van der Waals surface area contributed by atoms with Crippen LogP contribution in [0.5, 0.6) is 0 Å². The second-order valence-corrected chi connectivity index (χ2v) is 8.97. The van der Waals surface area contributed by atoms with Crippen LogP contribution in [0.25, 0.3) is 0 Å². The first kappa shape index (κ1) is 21.3. The molecule has 0 unspecified atom stereocenters. The van der Waals surface area contributed by atoms with Gasteiger partial charge in [-0.2, -0.15) is 0 Å². The Morgan fingerprint density at radius 1 is 1.10 bits per heavy atom. The van der Waals surface area contributed by atoms with Crippen molar-refractivity contribution in [1.82, 2.24) is 10.2 Å². The van der Waals surface area contributed by atoms with Crippen LogP contribution in [0.3, 0.4) is 0 Å². The number of anilines is 2. The predicted octanol–water partition coefficient (Wildman–Crippen LogP) is 5.24. The maximum absolute atomic E-state index is 13.3. The van der Waals surface area contributed by atoms with Gasteiger partial charge in [0, 0.05) is 23.7 Å². The molecule has 0 bridgehead atoms. The summed E-state index contributed by atoms with van der Waals surface area (Å²) in [6.45, 7) is 5.29. The smallest absolute Gasteiger partial charge is 0.229 e. The lowest BCUT2D eigenvalue weighted by Gasteiger charge is -2.32. The van der Waals surface area contributed by atoms with Crippen molar-refractivity contribution >= 4 is 29.2 Å². The zero-order valence-corrected chi connectivity index (χ0v) is 18.5. The number of aromatic nitrogens is 2. The molecule has 1 amide bonds. The van der Waals surface area contributed by atoms with E-state index in [9.17, 15) is 9.18 Å². The first-order valence-electron chi connectivity index (χ1n) is 10.4. The van der Waals surface area contributed by atoms with Crippen LogP contribution in [0.1, 0.15) is 24.0 Å². The third kappa shape index (κ3) is 5.41. The number of nitrogens with zero attached hydrogens (tertiary/aromatic N) is 3. The third-order valence-electron chi connectivity index (χ3n) is 5.43. The molecule has 4 rings (SSSR count). The SMILES string of the molecule is Cc1ccc(Sc2ccc(N3CCC[C@H](C(=O)Nc4ccc(F)cc4C)C3)nn2)cc1. The number of halogens is 1. The fourth-order valence-electron chi connectivity index (χ4n) is 3.66. The molecule has 0 spiro atoms. The van der Waals surface area contributed by atoms with Gasteiger partial charge in [0.2, 0.25) is 5.91 Å². The molecular weight excluding hydrogens is 411 g/mol. The highest BCUT2D eigenvalue weighted by Gasteiger charge is 2.27. The van der Waals surface area contributed by atoms with Crippen LogP contribution < -0.4 is 10.2 Å². The van der Waals surface area contributed by atoms with Crippen molar-refractivity contribution in [2.75, 3.05) is 23.3 Å². The number of hydrogen-bond acceptors (Lipinski definition) is 5. The van der Waals surface area contributed by atoms with Crippen molar-refractivity contribution < 1.29 is 9.18 Å². The largest absolute Gasteiger partial charge is 0.354 e. The molecule has 2 aromatic carbocycles. The number of nitrogens with one attached hydrogen (secondary N) is 1. The van der Waals surface area contributed by atoms with E-state index in [-0.39, 0.29) is 17.6 Å². The first-order valence-corrected chi connectivity index (χ1v) is 11.2. The summed E-state index contributed by atoms with van der Waals surface area (Å²) in [6, 6.07) is 16.6. The maximum atomic E-state index is 13.3. The molecule has 0 aliphatic carbocycles. The zero-order chi connectivity index (χ0) is 21.8. The van der Waals surface area contributed by atoms with Crippen LogP contribution >= 0.6 is 11.8 Å². The zero-order valence-electron chi connectivity index (χ0n) is 17.6. The first-order chi connectivity index (χ1) is 15.0. The van der Waals surface area contributed by atoms with Gasteiger partial charge >= 0.3 is 0 Å². The van der Waals surface area contributed by atoms with E-state index in [1.54, 1.807) is 24.8 Å². The molecule has 1 atom stereocenters. The van der Waals surface area contributed by atoms with Gasteiger partial charge in [-0.3, -0.25) is 4.79 Å². The number of carbonyl (C=O) groups excluding carboxylic acids is 1. The van der Waals surface area contributed by atoms with Gasteiger partial charge in [0.05, 0.1) is 5.92 Å². The average Bonchev–Trinajstić information content (AvgIpc) is 2.78. The standard InChI is InChI=1S/C24H25FN4OS/c1-16-5-8-20(9-6-16)31-23-12-11-22(27-28-23)29-13-3-4-18(15-29)24(30)26-21-10-7-19(25)14-17(21)2/h5-12,14,18H,3-4,13,15H2,1-2H3,(H,26,30)/t18-/m0/s1. The Labute approximate surface area is 186 Å². The number of carbonyl (C=O) groups is 1. The van der Waals surface area contributed by atoms with E-state index in [4.69, 9.17) is 0 Å². The van der Waals surface area contributed by atoms with Crippen molar-refractivity contribution in [3.8, 4) is 0 Å². The Balaban J connectivity index is 1.38. The van der Waals surface area contributed by atoms with Crippen molar-refractivity contribution in [2.45, 2.75) is 36.6 Å². The van der Waals surface area contributed by atoms with E-state index in [1.165, 1.54) is 17.7 Å². The minimum Gasteiger partial charge on any atom is -0.354 e. The molecule has 2 heterocycles. The summed E-state index contributed by atoms with van der Waals surface area (Å²) in [7, 11) is 0. The highest BCUT2D eigenvalue weighted by Crippen LogP contribution is 2.28. The van der Waals surface area contributed by atoms with Crippen LogP contribution in [0.2, 0.25) is 0 Å². The minimum atomic E-state index is -0.304. The molecular formula is C24H25FN4OS. The summed E-state index contributed by atoms with van der Waals surface area (Å²) in [6.07, 6.45) is 1.72. The number of benzene rings is 2. The van der Waals surface area contributed by atoms with Gasteiger partial charge in [0.25, 0.3) is 0 Å². The Kier molecular flexibility index (Phi) is 6.51. The molecule has 1 aliphatic heterocycles. The van der Waals surface area contributed by atoms with Gasteiger partial charge < -0.3 is 10.2 Å². The molecule has 1 fully saturated rings. The summed E-state index contributed by atoms with van der Waals surface area (Å²) in [4.78, 5) is 16.0. The van der Waals surface area contributed by atoms with E-state index in [0.29, 0.717) is 17.8 Å². The molecule has 0 radical (unpaired) electrons. The Morgan fingerprint density at radius 2 is 1.90 bits per heavy atom. The summed E-state index contributed by atoms with van der Waals surface area (Å²) < 4.78 is 13.3. The maximum Gasteiger partial charge on any atom is 0.229 e. The van der Waals surface area contributed by atoms with Gasteiger partial charge in [0.15, 0.2) is 5.82 Å². The number of hydrogen-bond donors (Lipinski definition) is 1. The van der Waals surface area contributed by atoms with Crippen LogP contribution in [-0.4, -0.2) is 29.2 Å². The third-order valence-corrected chi connectivity index (χ3v) is 6.37. The Hall–Kier alpha value is -2.93. The molecule has 0 saturated carbocycles. The number of amides is 1. The molecule has 31 heavy (non-hydrogen) atoms. The van der Waals surface area contributed by atoms with E-state index < -0.39 is 0 Å². The van der Waals surface area contributed by atoms with Crippen molar-refractivity contribution in [3.63, 3.8) is 0 Å². The molecule has 1 aliphatic rings. The normalized spacial score (nSPS) is 16.2. The summed E-state index contributed by atoms with van der Waals surface area (Å²) in [5.74, 6) is 0.283. The fraction of sp³-hybridized carbons (Fsp3) is 0.292. The molecule has 3 aromatic rings. The number of aryl methyl sites for hydroxylation is 2. The van der Waals surface area contributed by atoms with E-state index in [0.717, 1.165) is 35.1 Å². The lowest BCUT2D eigenvalue weighted by molar-refractivity contribution is -0.120. The van der Waals surface area contributed by atoms with E-state index in [2.05, 4.69) is 51.6 Å². The van der Waals surface area contributed by atoms with Gasteiger partial charge in [-0.25, -0.2) is 4.39 Å². The predicted molar refractivity (Wildman–Crippen MR) is 122 cm³/mol. The fourth-order valence-corrected chi connectivity index (χ4v) is 4.40. The minimum absolute atomic E-state index is 0.0427. The Bertz CT molecular complexity index is 1060. The summed E-state index contributed by atoms with van der Waals surface area (Å²) in [5, 5.41) is 12.6. The van der Waals surface area contributed by atoms with Crippen LogP contribution in [0.15, 0.2) is 64.5 Å². The van der Waals surface area contributed by atoms with Gasteiger partial charge in [-0.15, -0.1) is 10.2 Å².